The number of amides is 1. The van der Waals surface area contributed by atoms with Gasteiger partial charge in [-0.2, -0.15) is 0 Å². The van der Waals surface area contributed by atoms with Crippen molar-refractivity contribution in [3.63, 3.8) is 0 Å². The number of anilines is 1. The predicted octanol–water partition coefficient (Wildman–Crippen LogP) is 1.91. The maximum atomic E-state index is 11.8. The Kier molecular flexibility index (Phi) is 4.07. The number of carbonyl (C=O) groups is 1. The Hall–Kier alpha value is -1.71. The van der Waals surface area contributed by atoms with E-state index >= 15 is 0 Å². The summed E-state index contributed by atoms with van der Waals surface area (Å²) in [5.41, 5.74) is 6.28. The van der Waals surface area contributed by atoms with Crippen LogP contribution in [0.1, 0.15) is 19.3 Å². The lowest BCUT2D eigenvalue weighted by atomic mass is 9.85. The van der Waals surface area contributed by atoms with Gasteiger partial charge in [0.1, 0.15) is 5.75 Å². The van der Waals surface area contributed by atoms with E-state index < -0.39 is 0 Å². The van der Waals surface area contributed by atoms with Crippen molar-refractivity contribution in [2.45, 2.75) is 19.3 Å². The molecular formula is C14H20N2O2. The summed E-state index contributed by atoms with van der Waals surface area (Å²) in [4.78, 5) is 13.6. The Morgan fingerprint density at radius 1 is 1.50 bits per heavy atom. The Bertz CT molecular complexity index is 416. The van der Waals surface area contributed by atoms with Crippen LogP contribution in [0, 0.1) is 5.92 Å². The van der Waals surface area contributed by atoms with Crippen LogP contribution in [-0.2, 0) is 4.79 Å². The number of hydrogen-bond acceptors (Lipinski definition) is 3. The van der Waals surface area contributed by atoms with Crippen LogP contribution in [-0.4, -0.2) is 31.0 Å². The number of ether oxygens (including phenoxy) is 1. The lowest BCUT2D eigenvalue weighted by molar-refractivity contribution is -0.133. The van der Waals surface area contributed by atoms with Crippen LogP contribution in [0.15, 0.2) is 24.3 Å². The van der Waals surface area contributed by atoms with Crippen LogP contribution in [0.2, 0.25) is 0 Å². The van der Waals surface area contributed by atoms with Gasteiger partial charge in [0.05, 0.1) is 0 Å². The van der Waals surface area contributed by atoms with Crippen LogP contribution >= 0.6 is 0 Å². The Balaban J connectivity index is 1.76. The van der Waals surface area contributed by atoms with Crippen LogP contribution < -0.4 is 10.5 Å². The van der Waals surface area contributed by atoms with E-state index in [1.54, 1.807) is 23.1 Å². The first-order valence-electron chi connectivity index (χ1n) is 6.37. The van der Waals surface area contributed by atoms with Gasteiger partial charge in [-0.05, 0) is 30.9 Å². The van der Waals surface area contributed by atoms with E-state index in [0.29, 0.717) is 17.4 Å². The van der Waals surface area contributed by atoms with E-state index in [0.717, 1.165) is 6.54 Å². The van der Waals surface area contributed by atoms with E-state index in [4.69, 9.17) is 10.5 Å². The van der Waals surface area contributed by atoms with Gasteiger partial charge in [0.2, 0.25) is 0 Å². The van der Waals surface area contributed by atoms with Gasteiger partial charge >= 0.3 is 0 Å². The van der Waals surface area contributed by atoms with Gasteiger partial charge in [-0.15, -0.1) is 0 Å². The molecule has 0 aromatic heterocycles. The number of likely N-dealkylation sites (N-methyl/N-ethyl adjacent to an activating group) is 1. The maximum absolute atomic E-state index is 11.8. The molecule has 1 aliphatic carbocycles. The van der Waals surface area contributed by atoms with E-state index in [1.165, 1.54) is 19.3 Å². The zero-order chi connectivity index (χ0) is 13.0. The molecule has 4 nitrogen and oxygen atoms in total. The Morgan fingerprint density at radius 2 is 2.28 bits per heavy atom. The highest BCUT2D eigenvalue weighted by Crippen LogP contribution is 2.26. The first kappa shape index (κ1) is 12.7. The third-order valence-corrected chi connectivity index (χ3v) is 3.40. The van der Waals surface area contributed by atoms with Gasteiger partial charge < -0.3 is 15.4 Å². The number of nitrogens with two attached hydrogens (primary N) is 1. The molecule has 1 saturated carbocycles. The monoisotopic (exact) mass is 248 g/mol. The summed E-state index contributed by atoms with van der Waals surface area (Å²) in [6.45, 7) is 0.922. The van der Waals surface area contributed by atoms with Crippen molar-refractivity contribution < 1.29 is 9.53 Å². The van der Waals surface area contributed by atoms with Crippen LogP contribution in [0.5, 0.6) is 5.75 Å². The lowest BCUT2D eigenvalue weighted by Crippen LogP contribution is -2.37. The second kappa shape index (κ2) is 5.76. The van der Waals surface area contributed by atoms with Crippen molar-refractivity contribution in [1.82, 2.24) is 4.90 Å². The molecule has 0 saturated heterocycles. The van der Waals surface area contributed by atoms with Crippen LogP contribution in [0.25, 0.3) is 0 Å². The summed E-state index contributed by atoms with van der Waals surface area (Å²) < 4.78 is 5.43. The summed E-state index contributed by atoms with van der Waals surface area (Å²) in [7, 11) is 1.84. The number of nitrogen functional groups attached to an aromatic ring is 1. The first-order chi connectivity index (χ1) is 8.65. The summed E-state index contributed by atoms with van der Waals surface area (Å²) in [6.07, 6.45) is 3.79. The molecule has 0 aliphatic heterocycles. The quantitative estimate of drug-likeness (QED) is 0.810. The molecule has 1 fully saturated rings. The zero-order valence-electron chi connectivity index (χ0n) is 10.8. The average molecular weight is 248 g/mol. The molecule has 0 unspecified atom stereocenters. The van der Waals surface area contributed by atoms with E-state index in [1.807, 2.05) is 13.1 Å². The molecule has 1 aromatic rings. The standard InChI is InChI=1S/C14H20N2O2/c1-16(9-11-4-2-5-11)14(17)10-18-13-7-3-6-12(15)8-13/h3,6-8,11H,2,4-5,9-10,15H2,1H3. The minimum absolute atomic E-state index is 0.0179. The topological polar surface area (TPSA) is 55.6 Å². The molecule has 1 aliphatic rings. The molecule has 2 N–H and O–H groups in total. The van der Waals surface area contributed by atoms with Gasteiger partial charge in [-0.25, -0.2) is 0 Å². The minimum Gasteiger partial charge on any atom is -0.484 e. The van der Waals surface area contributed by atoms with Gasteiger partial charge in [0.25, 0.3) is 5.91 Å². The number of rotatable bonds is 5. The summed E-state index contributed by atoms with van der Waals surface area (Å²) in [5, 5.41) is 0. The summed E-state index contributed by atoms with van der Waals surface area (Å²) in [6, 6.07) is 7.12. The average Bonchev–Trinajstić information content (AvgIpc) is 2.30. The highest BCUT2D eigenvalue weighted by Gasteiger charge is 2.21. The van der Waals surface area contributed by atoms with Gasteiger partial charge in [0, 0.05) is 25.3 Å². The molecule has 0 atom stereocenters. The fourth-order valence-corrected chi connectivity index (χ4v) is 2.02. The third-order valence-electron chi connectivity index (χ3n) is 3.40. The van der Waals surface area contributed by atoms with E-state index in [2.05, 4.69) is 0 Å². The molecule has 4 heteroatoms. The maximum Gasteiger partial charge on any atom is 0.260 e. The SMILES string of the molecule is CN(CC1CCC1)C(=O)COc1cccc(N)c1. The first-order valence-corrected chi connectivity index (χ1v) is 6.37. The molecule has 18 heavy (non-hydrogen) atoms. The molecule has 0 spiro atoms. The Labute approximate surface area is 108 Å². The molecule has 2 rings (SSSR count). The number of hydrogen-bond donors (Lipinski definition) is 1. The van der Waals surface area contributed by atoms with E-state index in [9.17, 15) is 4.79 Å². The third kappa shape index (κ3) is 3.39. The fraction of sp³-hybridized carbons (Fsp3) is 0.500. The smallest absolute Gasteiger partial charge is 0.260 e. The van der Waals surface area contributed by atoms with Gasteiger partial charge in [0.15, 0.2) is 6.61 Å². The van der Waals surface area contributed by atoms with Crippen molar-refractivity contribution in [1.29, 1.82) is 0 Å². The van der Waals surface area contributed by atoms with E-state index in [-0.39, 0.29) is 12.5 Å². The molecular weight excluding hydrogens is 228 g/mol. The largest absolute Gasteiger partial charge is 0.484 e. The van der Waals surface area contributed by atoms with Crippen molar-refractivity contribution >= 4 is 11.6 Å². The van der Waals surface area contributed by atoms with Gasteiger partial charge in [-0.3, -0.25) is 4.79 Å². The molecule has 1 aromatic carbocycles. The van der Waals surface area contributed by atoms with Crippen molar-refractivity contribution in [3.05, 3.63) is 24.3 Å². The molecule has 0 radical (unpaired) electrons. The highest BCUT2D eigenvalue weighted by atomic mass is 16.5. The van der Waals surface area contributed by atoms with Crippen molar-refractivity contribution in [3.8, 4) is 5.75 Å². The molecule has 1 amide bonds. The predicted molar refractivity (Wildman–Crippen MR) is 71.3 cm³/mol. The van der Waals surface area contributed by atoms with Crippen molar-refractivity contribution in [2.75, 3.05) is 25.9 Å². The van der Waals surface area contributed by atoms with Crippen molar-refractivity contribution in [2.24, 2.45) is 5.92 Å². The van der Waals surface area contributed by atoms with Crippen LogP contribution in [0.3, 0.4) is 0 Å². The Morgan fingerprint density at radius 3 is 2.89 bits per heavy atom. The zero-order valence-corrected chi connectivity index (χ0v) is 10.8. The number of nitrogens with zero attached hydrogens (tertiary/aromatic N) is 1. The number of carbonyl (C=O) groups excluding carboxylic acids is 1. The second-order valence-corrected chi connectivity index (χ2v) is 4.93. The summed E-state index contributed by atoms with van der Waals surface area (Å²) >= 11 is 0. The molecule has 98 valence electrons. The second-order valence-electron chi connectivity index (χ2n) is 4.93. The normalized spacial score (nSPS) is 14.9. The molecule has 0 bridgehead atoms. The lowest BCUT2D eigenvalue weighted by Gasteiger charge is -2.30. The van der Waals surface area contributed by atoms with Gasteiger partial charge in [-0.1, -0.05) is 12.5 Å². The van der Waals surface area contributed by atoms with Crippen LogP contribution in [0.4, 0.5) is 5.69 Å². The summed E-state index contributed by atoms with van der Waals surface area (Å²) in [5.74, 6) is 1.34. The highest BCUT2D eigenvalue weighted by molar-refractivity contribution is 5.77. The minimum atomic E-state index is 0.0179. The number of benzene rings is 1. The fourth-order valence-electron chi connectivity index (χ4n) is 2.02. The molecule has 0 heterocycles.